The van der Waals surface area contributed by atoms with Gasteiger partial charge in [-0.25, -0.2) is 0 Å². The maximum absolute atomic E-state index is 8.89. The van der Waals surface area contributed by atoms with Crippen molar-refractivity contribution in [3.05, 3.63) is 69.8 Å². The van der Waals surface area contributed by atoms with Crippen LogP contribution in [0.25, 0.3) is 11.3 Å². The molecule has 0 aliphatic heterocycles. The van der Waals surface area contributed by atoms with Gasteiger partial charge in [0.15, 0.2) is 0 Å². The van der Waals surface area contributed by atoms with Crippen molar-refractivity contribution in [3.8, 4) is 11.3 Å². The third-order valence-electron chi connectivity index (χ3n) is 4.19. The van der Waals surface area contributed by atoms with Gasteiger partial charge in [-0.2, -0.15) is 15.0 Å². The maximum Gasteiger partial charge on any atom is 0.117 e. The number of nitrogens with zero attached hydrogens (tertiary/aromatic N) is 3. The van der Waals surface area contributed by atoms with Crippen LogP contribution in [0.4, 0.5) is 0 Å². The average Bonchev–Trinajstić information content (AvgIpc) is 3.08. The number of benzene rings is 2. The first kappa shape index (κ1) is 19.8. The van der Waals surface area contributed by atoms with Gasteiger partial charge in [-0.15, -0.1) is 0 Å². The quantitative estimate of drug-likeness (QED) is 0.525. The van der Waals surface area contributed by atoms with Crippen molar-refractivity contribution < 1.29 is 5.11 Å². The third-order valence-corrected chi connectivity index (χ3v) is 4.90. The number of nitrogens with one attached hydrogen (secondary N) is 1. The summed E-state index contributed by atoms with van der Waals surface area (Å²) >= 11 is 12.6. The number of hydrogen-bond donors (Lipinski definition) is 2. The highest BCUT2D eigenvalue weighted by Crippen LogP contribution is 2.26. The van der Waals surface area contributed by atoms with E-state index >= 15 is 0 Å². The smallest absolute Gasteiger partial charge is 0.117 e. The highest BCUT2D eigenvalue weighted by molar-refractivity contribution is 6.35. The Morgan fingerprint density at radius 2 is 1.67 bits per heavy atom. The lowest BCUT2D eigenvalue weighted by Crippen LogP contribution is -2.16. The molecule has 0 unspecified atom stereocenters. The fourth-order valence-electron chi connectivity index (χ4n) is 2.79. The predicted octanol–water partition coefficient (Wildman–Crippen LogP) is 4.16. The molecule has 3 aromatic rings. The summed E-state index contributed by atoms with van der Waals surface area (Å²) in [6.07, 6.45) is 1.71. The van der Waals surface area contributed by atoms with E-state index in [4.69, 9.17) is 28.3 Å². The lowest BCUT2D eigenvalue weighted by Gasteiger charge is -2.05. The Morgan fingerprint density at radius 1 is 0.926 bits per heavy atom. The minimum Gasteiger partial charge on any atom is -0.396 e. The van der Waals surface area contributed by atoms with Crippen molar-refractivity contribution in [1.29, 1.82) is 0 Å². The maximum atomic E-state index is 8.89. The van der Waals surface area contributed by atoms with Gasteiger partial charge in [0.25, 0.3) is 0 Å². The summed E-state index contributed by atoms with van der Waals surface area (Å²) < 4.78 is 0. The molecular weight excluding hydrogens is 383 g/mol. The molecule has 1 heterocycles. The molecule has 27 heavy (non-hydrogen) atoms. The van der Waals surface area contributed by atoms with E-state index in [1.807, 2.05) is 48.5 Å². The van der Waals surface area contributed by atoms with E-state index in [1.165, 1.54) is 0 Å². The second kappa shape index (κ2) is 9.85. The summed E-state index contributed by atoms with van der Waals surface area (Å²) in [7, 11) is 0. The molecule has 5 nitrogen and oxygen atoms in total. The van der Waals surface area contributed by atoms with Gasteiger partial charge in [0.1, 0.15) is 11.4 Å². The topological polar surface area (TPSA) is 63.0 Å². The van der Waals surface area contributed by atoms with Crippen molar-refractivity contribution in [2.45, 2.75) is 25.9 Å². The Morgan fingerprint density at radius 3 is 2.37 bits per heavy atom. The van der Waals surface area contributed by atoms with Gasteiger partial charge in [-0.3, -0.25) is 0 Å². The third kappa shape index (κ3) is 5.30. The number of aliphatic hydroxyl groups excluding tert-OH is 1. The first-order chi connectivity index (χ1) is 13.2. The summed E-state index contributed by atoms with van der Waals surface area (Å²) in [5.41, 5.74) is 3.53. The number of rotatable bonds is 9. The second-order valence-electron chi connectivity index (χ2n) is 6.20. The zero-order chi connectivity index (χ0) is 19.1. The minimum atomic E-state index is 0.214. The van der Waals surface area contributed by atoms with E-state index < -0.39 is 0 Å². The van der Waals surface area contributed by atoms with Crippen molar-refractivity contribution >= 4 is 23.2 Å². The van der Waals surface area contributed by atoms with E-state index in [-0.39, 0.29) is 6.61 Å². The Balaban J connectivity index is 1.83. The fourth-order valence-corrected chi connectivity index (χ4v) is 3.30. The van der Waals surface area contributed by atoms with E-state index in [9.17, 15) is 0 Å². The second-order valence-corrected chi connectivity index (χ2v) is 7.01. The van der Waals surface area contributed by atoms with E-state index in [1.54, 1.807) is 4.80 Å². The summed E-state index contributed by atoms with van der Waals surface area (Å²) in [4.78, 5) is 1.64. The van der Waals surface area contributed by atoms with Crippen LogP contribution in [0.2, 0.25) is 10.0 Å². The molecule has 0 amide bonds. The minimum absolute atomic E-state index is 0.214. The summed E-state index contributed by atoms with van der Waals surface area (Å²) in [6.45, 7) is 2.04. The number of halogens is 2. The molecule has 0 saturated carbocycles. The molecule has 7 heteroatoms. The number of unbranched alkanes of at least 4 members (excludes halogenated alkanes) is 1. The Kier molecular flexibility index (Phi) is 7.24. The zero-order valence-electron chi connectivity index (χ0n) is 14.9. The van der Waals surface area contributed by atoms with Crippen LogP contribution in [0.1, 0.15) is 24.1 Å². The molecule has 0 atom stereocenters. The normalized spacial score (nSPS) is 11.1. The summed E-state index contributed by atoms with van der Waals surface area (Å²) in [5, 5.41) is 22.8. The van der Waals surface area contributed by atoms with Gasteiger partial charge in [0.2, 0.25) is 0 Å². The van der Waals surface area contributed by atoms with Crippen molar-refractivity contribution in [1.82, 2.24) is 20.3 Å². The highest BCUT2D eigenvalue weighted by atomic mass is 35.5. The zero-order valence-corrected chi connectivity index (χ0v) is 16.4. The molecule has 0 aliphatic carbocycles. The fraction of sp³-hybridized carbons (Fsp3) is 0.300. The van der Waals surface area contributed by atoms with Gasteiger partial charge in [0, 0.05) is 34.3 Å². The molecule has 3 rings (SSSR count). The summed E-state index contributed by atoms with van der Waals surface area (Å²) in [6, 6.07) is 15.4. The van der Waals surface area contributed by atoms with Crippen molar-refractivity contribution in [3.63, 3.8) is 0 Å². The van der Waals surface area contributed by atoms with Crippen LogP contribution in [0, 0.1) is 0 Å². The largest absolute Gasteiger partial charge is 0.396 e. The lowest BCUT2D eigenvalue weighted by atomic mass is 10.1. The molecule has 0 fully saturated rings. The van der Waals surface area contributed by atoms with Crippen LogP contribution >= 0.6 is 23.2 Å². The SMILES string of the molecule is OCCCCNCc1nn(Cc2c(Cl)cccc2Cl)nc1-c1ccccc1. The molecular formula is C20H22Cl2N4O. The van der Waals surface area contributed by atoms with Crippen LogP contribution < -0.4 is 5.32 Å². The van der Waals surface area contributed by atoms with Crippen LogP contribution in [0.5, 0.6) is 0 Å². The van der Waals surface area contributed by atoms with Gasteiger partial charge in [-0.05, 0) is 31.5 Å². The van der Waals surface area contributed by atoms with Crippen molar-refractivity contribution in [2.24, 2.45) is 0 Å². The van der Waals surface area contributed by atoms with Gasteiger partial charge < -0.3 is 10.4 Å². The van der Waals surface area contributed by atoms with Gasteiger partial charge >= 0.3 is 0 Å². The molecule has 0 spiro atoms. The molecule has 1 aromatic heterocycles. The van der Waals surface area contributed by atoms with E-state index in [0.717, 1.165) is 41.9 Å². The van der Waals surface area contributed by atoms with E-state index in [0.29, 0.717) is 23.1 Å². The van der Waals surface area contributed by atoms with Crippen LogP contribution in [0.15, 0.2) is 48.5 Å². The van der Waals surface area contributed by atoms with Crippen molar-refractivity contribution in [2.75, 3.05) is 13.2 Å². The number of aromatic nitrogens is 3. The van der Waals surface area contributed by atoms with E-state index in [2.05, 4.69) is 15.5 Å². The van der Waals surface area contributed by atoms with Gasteiger partial charge in [-0.1, -0.05) is 59.6 Å². The molecule has 0 saturated heterocycles. The van der Waals surface area contributed by atoms with Crippen LogP contribution in [-0.2, 0) is 13.1 Å². The predicted molar refractivity (Wildman–Crippen MR) is 109 cm³/mol. The first-order valence-corrected chi connectivity index (χ1v) is 9.68. The molecule has 0 aliphatic rings. The van der Waals surface area contributed by atoms with Crippen LogP contribution in [0.3, 0.4) is 0 Å². The number of aliphatic hydroxyl groups is 1. The molecule has 0 bridgehead atoms. The summed E-state index contributed by atoms with van der Waals surface area (Å²) in [5.74, 6) is 0. The van der Waals surface area contributed by atoms with Gasteiger partial charge in [0.05, 0.1) is 6.54 Å². The van der Waals surface area contributed by atoms with Crippen LogP contribution in [-0.4, -0.2) is 33.3 Å². The highest BCUT2D eigenvalue weighted by Gasteiger charge is 2.15. The average molecular weight is 405 g/mol. The molecule has 2 aromatic carbocycles. The number of hydrogen-bond acceptors (Lipinski definition) is 4. The standard InChI is InChI=1S/C20H22Cl2N4O/c21-17-9-6-10-18(22)16(17)14-26-24-19(13-23-11-4-5-12-27)20(25-26)15-7-2-1-3-8-15/h1-3,6-10,23,27H,4-5,11-14H2. The molecule has 142 valence electrons. The Bertz CT molecular complexity index is 847. The Hall–Kier alpha value is -1.92. The molecule has 2 N–H and O–H groups in total. The monoisotopic (exact) mass is 404 g/mol. The Labute approximate surface area is 168 Å². The molecule has 0 radical (unpaired) electrons. The lowest BCUT2D eigenvalue weighted by molar-refractivity contribution is 0.283. The first-order valence-electron chi connectivity index (χ1n) is 8.93.